The summed E-state index contributed by atoms with van der Waals surface area (Å²) in [6.07, 6.45) is 7.09. The molecular formula is C14H18N4O2S. The average Bonchev–Trinajstić information content (AvgIpc) is 2.52. The lowest BCUT2D eigenvalue weighted by molar-refractivity contribution is 0.581. The zero-order valence-corrected chi connectivity index (χ0v) is 12.6. The molecule has 0 fully saturated rings. The summed E-state index contributed by atoms with van der Waals surface area (Å²) in [5.41, 5.74) is 1.41. The molecule has 2 N–H and O–H groups in total. The Labute approximate surface area is 124 Å². The number of hydrogen-bond donors (Lipinski definition) is 2. The summed E-state index contributed by atoms with van der Waals surface area (Å²) in [4.78, 5) is 7.96. The van der Waals surface area contributed by atoms with E-state index in [1.807, 2.05) is 6.92 Å². The highest BCUT2D eigenvalue weighted by molar-refractivity contribution is 7.89. The maximum Gasteiger partial charge on any atom is 0.244 e. The van der Waals surface area contributed by atoms with E-state index in [-0.39, 0.29) is 11.4 Å². The molecule has 2 aromatic heterocycles. The lowest BCUT2D eigenvalue weighted by Crippen LogP contribution is -2.24. The predicted octanol–water partition coefficient (Wildman–Crippen LogP) is 1.78. The SMILES string of the molecule is CCCNc1ccncc1S(=O)(=O)NCc1ccncc1. The molecule has 0 aliphatic rings. The molecule has 2 rings (SSSR count). The van der Waals surface area contributed by atoms with Crippen LogP contribution in [0.1, 0.15) is 18.9 Å². The topological polar surface area (TPSA) is 84.0 Å². The number of sulfonamides is 1. The van der Waals surface area contributed by atoms with Crippen molar-refractivity contribution < 1.29 is 8.42 Å². The minimum absolute atomic E-state index is 0.160. The van der Waals surface area contributed by atoms with Crippen LogP contribution in [0, 0.1) is 0 Å². The lowest BCUT2D eigenvalue weighted by atomic mass is 10.3. The molecule has 0 radical (unpaired) electrons. The molecule has 7 heteroatoms. The van der Waals surface area contributed by atoms with Crippen LogP contribution in [0.5, 0.6) is 0 Å². The van der Waals surface area contributed by atoms with Gasteiger partial charge in [-0.1, -0.05) is 6.92 Å². The number of nitrogens with one attached hydrogen (secondary N) is 2. The van der Waals surface area contributed by atoms with Gasteiger partial charge in [0.05, 0.1) is 5.69 Å². The first kappa shape index (κ1) is 15.4. The number of nitrogens with zero attached hydrogens (tertiary/aromatic N) is 2. The Kier molecular flexibility index (Phi) is 5.24. The Hall–Kier alpha value is -1.99. The van der Waals surface area contributed by atoms with Crippen molar-refractivity contribution in [1.82, 2.24) is 14.7 Å². The molecular weight excluding hydrogens is 288 g/mol. The van der Waals surface area contributed by atoms with Crippen LogP contribution in [-0.4, -0.2) is 24.9 Å². The Bertz CT molecular complexity index is 674. The highest BCUT2D eigenvalue weighted by atomic mass is 32.2. The van der Waals surface area contributed by atoms with Crippen LogP contribution in [-0.2, 0) is 16.6 Å². The van der Waals surface area contributed by atoms with Crippen LogP contribution in [0.2, 0.25) is 0 Å². The highest BCUT2D eigenvalue weighted by Crippen LogP contribution is 2.19. The molecule has 2 heterocycles. The highest BCUT2D eigenvalue weighted by Gasteiger charge is 2.18. The van der Waals surface area contributed by atoms with Crippen molar-refractivity contribution in [1.29, 1.82) is 0 Å². The lowest BCUT2D eigenvalue weighted by Gasteiger charge is -2.12. The van der Waals surface area contributed by atoms with Gasteiger partial charge in [-0.3, -0.25) is 9.97 Å². The first-order valence-electron chi connectivity index (χ1n) is 6.70. The molecule has 21 heavy (non-hydrogen) atoms. The first-order chi connectivity index (χ1) is 10.1. The molecule has 0 bridgehead atoms. The molecule has 0 aromatic carbocycles. The molecule has 6 nitrogen and oxygen atoms in total. The van der Waals surface area contributed by atoms with Crippen LogP contribution in [0.4, 0.5) is 5.69 Å². The van der Waals surface area contributed by atoms with E-state index in [0.717, 1.165) is 12.0 Å². The van der Waals surface area contributed by atoms with Gasteiger partial charge in [0.1, 0.15) is 4.90 Å². The van der Waals surface area contributed by atoms with Gasteiger partial charge in [-0.25, -0.2) is 13.1 Å². The molecule has 0 amide bonds. The van der Waals surface area contributed by atoms with Gasteiger partial charge in [0, 0.05) is 37.9 Å². The van der Waals surface area contributed by atoms with E-state index in [0.29, 0.717) is 12.2 Å². The monoisotopic (exact) mass is 306 g/mol. The van der Waals surface area contributed by atoms with Crippen molar-refractivity contribution in [3.63, 3.8) is 0 Å². The number of rotatable bonds is 7. The standard InChI is InChI=1S/C14H18N4O2S/c1-2-6-17-13-5-9-16-11-14(13)21(19,20)18-10-12-3-7-15-8-4-12/h3-5,7-9,11,18H,2,6,10H2,1H3,(H,16,17). The maximum absolute atomic E-state index is 12.4. The minimum Gasteiger partial charge on any atom is -0.384 e. The van der Waals surface area contributed by atoms with Crippen LogP contribution < -0.4 is 10.0 Å². The second kappa shape index (κ2) is 7.14. The third-order valence-corrected chi connectivity index (χ3v) is 4.28. The van der Waals surface area contributed by atoms with E-state index in [2.05, 4.69) is 20.0 Å². The Morgan fingerprint density at radius 3 is 2.52 bits per heavy atom. The Morgan fingerprint density at radius 2 is 1.81 bits per heavy atom. The van der Waals surface area contributed by atoms with Crippen molar-refractivity contribution in [3.05, 3.63) is 48.5 Å². The van der Waals surface area contributed by atoms with Crippen LogP contribution in [0.15, 0.2) is 47.9 Å². The van der Waals surface area contributed by atoms with E-state index in [9.17, 15) is 8.42 Å². The quantitative estimate of drug-likeness (QED) is 0.814. The second-order valence-electron chi connectivity index (χ2n) is 4.48. The zero-order chi connectivity index (χ0) is 15.1. The van der Waals surface area contributed by atoms with Crippen molar-refractivity contribution in [3.8, 4) is 0 Å². The van der Waals surface area contributed by atoms with Gasteiger partial charge in [0.25, 0.3) is 0 Å². The molecule has 0 saturated heterocycles. The van der Waals surface area contributed by atoms with Crippen molar-refractivity contribution in [2.75, 3.05) is 11.9 Å². The Morgan fingerprint density at radius 1 is 1.10 bits per heavy atom. The summed E-state index contributed by atoms with van der Waals surface area (Å²) in [6, 6.07) is 5.20. The molecule has 112 valence electrons. The molecule has 0 atom stereocenters. The van der Waals surface area contributed by atoms with Crippen LogP contribution in [0.25, 0.3) is 0 Å². The molecule has 0 spiro atoms. The van der Waals surface area contributed by atoms with E-state index < -0.39 is 10.0 Å². The van der Waals surface area contributed by atoms with Gasteiger partial charge >= 0.3 is 0 Å². The normalized spacial score (nSPS) is 11.3. The summed E-state index contributed by atoms with van der Waals surface area (Å²) in [5.74, 6) is 0. The zero-order valence-electron chi connectivity index (χ0n) is 11.8. The van der Waals surface area contributed by atoms with E-state index in [4.69, 9.17) is 0 Å². The van der Waals surface area contributed by atoms with Crippen molar-refractivity contribution in [2.24, 2.45) is 0 Å². The van der Waals surface area contributed by atoms with E-state index >= 15 is 0 Å². The fourth-order valence-electron chi connectivity index (χ4n) is 1.76. The smallest absolute Gasteiger partial charge is 0.244 e. The second-order valence-corrected chi connectivity index (χ2v) is 6.21. The summed E-state index contributed by atoms with van der Waals surface area (Å²) >= 11 is 0. The van der Waals surface area contributed by atoms with Crippen LogP contribution in [0.3, 0.4) is 0 Å². The average molecular weight is 306 g/mol. The molecule has 0 unspecified atom stereocenters. The summed E-state index contributed by atoms with van der Waals surface area (Å²) in [7, 11) is -3.61. The Balaban J connectivity index is 2.15. The van der Waals surface area contributed by atoms with Gasteiger partial charge in [-0.2, -0.15) is 0 Å². The van der Waals surface area contributed by atoms with Gasteiger partial charge in [0.15, 0.2) is 0 Å². The summed E-state index contributed by atoms with van der Waals surface area (Å²) in [6.45, 7) is 2.94. The van der Waals surface area contributed by atoms with Gasteiger partial charge in [0.2, 0.25) is 10.0 Å². The predicted molar refractivity (Wildman–Crippen MR) is 81.3 cm³/mol. The fourth-order valence-corrected chi connectivity index (χ4v) is 2.90. The minimum atomic E-state index is -3.61. The van der Waals surface area contributed by atoms with Gasteiger partial charge < -0.3 is 5.32 Å². The van der Waals surface area contributed by atoms with E-state index in [1.165, 1.54) is 6.20 Å². The molecule has 0 aliphatic heterocycles. The van der Waals surface area contributed by atoms with Crippen molar-refractivity contribution >= 4 is 15.7 Å². The number of hydrogen-bond acceptors (Lipinski definition) is 5. The summed E-state index contributed by atoms with van der Waals surface area (Å²) < 4.78 is 27.3. The summed E-state index contributed by atoms with van der Waals surface area (Å²) in [5, 5.41) is 3.10. The maximum atomic E-state index is 12.4. The number of aromatic nitrogens is 2. The molecule has 0 aliphatic carbocycles. The number of pyridine rings is 2. The van der Waals surface area contributed by atoms with Gasteiger partial charge in [-0.05, 0) is 30.2 Å². The molecule has 0 saturated carbocycles. The fraction of sp³-hybridized carbons (Fsp3) is 0.286. The van der Waals surface area contributed by atoms with Crippen LogP contribution >= 0.6 is 0 Å². The molecule has 2 aromatic rings. The van der Waals surface area contributed by atoms with Crippen molar-refractivity contribution in [2.45, 2.75) is 24.8 Å². The first-order valence-corrected chi connectivity index (χ1v) is 8.18. The number of anilines is 1. The largest absolute Gasteiger partial charge is 0.384 e. The third kappa shape index (κ3) is 4.24. The van der Waals surface area contributed by atoms with Gasteiger partial charge in [-0.15, -0.1) is 0 Å². The third-order valence-electron chi connectivity index (χ3n) is 2.86. The van der Waals surface area contributed by atoms with E-state index in [1.54, 1.807) is 36.8 Å².